The van der Waals surface area contributed by atoms with E-state index in [0.717, 1.165) is 149 Å². The first-order valence-electron chi connectivity index (χ1n) is 18.9. The molecule has 0 N–H and O–H groups in total. The van der Waals surface area contributed by atoms with Gasteiger partial charge in [-0.25, -0.2) is 0 Å². The van der Waals surface area contributed by atoms with Crippen LogP contribution in [0.1, 0.15) is 158 Å². The van der Waals surface area contributed by atoms with Crippen LogP contribution in [0.5, 0.6) is 0 Å². The van der Waals surface area contributed by atoms with Gasteiger partial charge in [-0.15, -0.1) is 91.1 Å². The zero-order valence-corrected chi connectivity index (χ0v) is 49.1. The maximum absolute atomic E-state index is 11.7. The van der Waals surface area contributed by atoms with E-state index in [9.17, 15) is 19.6 Å². The third-order valence-corrected chi connectivity index (χ3v) is 39.4. The average Bonchev–Trinajstić information content (AvgIpc) is 3.06. The van der Waals surface area contributed by atoms with Gasteiger partial charge in [0.25, 0.3) is 0 Å². The van der Waals surface area contributed by atoms with Crippen LogP contribution in [-0.4, -0.2) is 46.0 Å². The van der Waals surface area contributed by atoms with Crippen molar-refractivity contribution in [3.8, 4) is 0 Å². The summed E-state index contributed by atoms with van der Waals surface area (Å²) < 4.78 is -9.34. The van der Waals surface area contributed by atoms with Gasteiger partial charge in [0.05, 0.1) is 0 Å². The number of hydrogen-bond acceptors (Lipinski definition) is 16. The molecule has 0 bridgehead atoms. The Morgan fingerprint density at radius 2 is 0.377 bits per heavy atom. The van der Waals surface area contributed by atoms with Crippen LogP contribution in [0.15, 0.2) is 0 Å². The zero-order chi connectivity index (χ0) is 40.6. The molecule has 0 unspecified atom stereocenters. The second-order valence-corrected chi connectivity index (χ2v) is 53.2. The Balaban J connectivity index is -0.000000192. The summed E-state index contributed by atoms with van der Waals surface area (Å²) >= 11 is 32.1. The van der Waals surface area contributed by atoms with Crippen molar-refractivity contribution in [2.45, 2.75) is 158 Å². The van der Waals surface area contributed by atoms with E-state index in [2.05, 4.69) is 55.4 Å². The minimum Gasteiger partial charge on any atom is -0.806 e. The van der Waals surface area contributed by atoms with Crippen molar-refractivity contribution in [3.05, 3.63) is 0 Å². The summed E-state index contributed by atoms with van der Waals surface area (Å²) in [6, 6.07) is 0. The monoisotopic (exact) mass is 1130 g/mol. The molecule has 0 rings (SSSR count). The van der Waals surface area contributed by atoms with Gasteiger partial charge in [-0.05, 0) is 116 Å². The molecule has 21 heteroatoms. The molecular formula is C32H72MoO4P4S12. The Morgan fingerprint density at radius 3 is 0.453 bits per heavy atom. The summed E-state index contributed by atoms with van der Waals surface area (Å²) in [7, 11) is 0. The minimum absolute atomic E-state index is 0. The Bertz CT molecular complexity index is 749. The number of unbranched alkanes of at least 4 members (excludes halogenated alkanes) is 8. The van der Waals surface area contributed by atoms with Gasteiger partial charge in [-0.3, -0.25) is 0 Å². The topological polar surface area (TPSA) is 92.2 Å². The molecule has 0 fully saturated rings. The summed E-state index contributed by atoms with van der Waals surface area (Å²) in [5, 5.41) is 0. The van der Waals surface area contributed by atoms with Gasteiger partial charge in [-0.1, -0.05) is 154 Å². The maximum atomic E-state index is 11.7. The third kappa shape index (κ3) is 62.3. The Kier molecular flexibility index (Phi) is 62.8. The molecular weight excluding hydrogens is 1050 g/mol. The minimum atomic E-state index is -2.34. The molecule has 0 amide bonds. The maximum Gasteiger partial charge on any atom is 4.00 e. The van der Waals surface area contributed by atoms with Crippen molar-refractivity contribution < 1.29 is 40.6 Å². The van der Waals surface area contributed by atoms with E-state index in [4.69, 9.17) is 47.2 Å². The fraction of sp³-hybridized carbons (Fsp3) is 1.00. The smallest absolute Gasteiger partial charge is 0.806 e. The summed E-state index contributed by atoms with van der Waals surface area (Å²) in [5.41, 5.74) is 0. The second kappa shape index (κ2) is 49.0. The van der Waals surface area contributed by atoms with Crippen molar-refractivity contribution >= 4 is 157 Å². The first kappa shape index (κ1) is 68.0. The van der Waals surface area contributed by atoms with Crippen LogP contribution in [0.4, 0.5) is 0 Å². The van der Waals surface area contributed by atoms with E-state index in [0.29, 0.717) is 0 Å². The second-order valence-electron chi connectivity index (χ2n) is 11.3. The van der Waals surface area contributed by atoms with Gasteiger partial charge in [0.1, 0.15) is 0 Å². The normalized spacial score (nSPS) is 11.7. The van der Waals surface area contributed by atoms with Crippen molar-refractivity contribution in [3.63, 3.8) is 0 Å². The van der Waals surface area contributed by atoms with E-state index in [1.807, 2.05) is 0 Å². The van der Waals surface area contributed by atoms with Crippen LogP contribution in [0.25, 0.3) is 0 Å². The Morgan fingerprint density at radius 1 is 0.283 bits per heavy atom. The van der Waals surface area contributed by atoms with Crippen LogP contribution >= 0.6 is 110 Å². The molecule has 322 valence electrons. The van der Waals surface area contributed by atoms with E-state index in [1.54, 1.807) is 0 Å². The Hall–Kier alpha value is 5.93. The molecule has 0 atom stereocenters. The molecule has 4 nitrogen and oxygen atoms in total. The van der Waals surface area contributed by atoms with E-state index in [-0.39, 0.29) is 21.1 Å². The summed E-state index contributed by atoms with van der Waals surface area (Å²) in [6.45, 7) is 17.1. The summed E-state index contributed by atoms with van der Waals surface area (Å²) in [5.74, 6) is 7.64. The molecule has 0 spiro atoms. The molecule has 0 saturated heterocycles. The summed E-state index contributed by atoms with van der Waals surface area (Å²) in [6.07, 6.45) is 18.2. The number of hydrogen-bond donors (Lipinski definition) is 0. The van der Waals surface area contributed by atoms with Crippen molar-refractivity contribution in [1.82, 2.24) is 0 Å². The van der Waals surface area contributed by atoms with Gasteiger partial charge in [0.15, 0.2) is 0 Å². The van der Waals surface area contributed by atoms with Gasteiger partial charge in [0, 0.05) is 0 Å². The summed E-state index contributed by atoms with van der Waals surface area (Å²) in [4.78, 5) is 46.8. The van der Waals surface area contributed by atoms with E-state index < -0.39 is 18.7 Å². The SMILES string of the molecule is CCCCSP([O-])(=S)SCCCC.CCCCSP([O-])(=S)SCCCC.CCCCSP([O-])(=S)SCCCC.CCCCSP([O-])(=S)SCCCC.[Mo+4]. The van der Waals surface area contributed by atoms with Crippen LogP contribution in [0, 0.1) is 0 Å². The quantitative estimate of drug-likeness (QED) is 0.0363. The van der Waals surface area contributed by atoms with Gasteiger partial charge in [0.2, 0.25) is 0 Å². The molecule has 0 aliphatic heterocycles. The molecule has 0 aliphatic carbocycles. The molecule has 0 saturated carbocycles. The van der Waals surface area contributed by atoms with Crippen LogP contribution in [0.2, 0.25) is 0 Å². The van der Waals surface area contributed by atoms with Gasteiger partial charge < -0.3 is 19.6 Å². The largest absolute Gasteiger partial charge is 4.00 e. The molecule has 0 aromatic heterocycles. The fourth-order valence-electron chi connectivity index (χ4n) is 2.71. The van der Waals surface area contributed by atoms with Gasteiger partial charge >= 0.3 is 21.1 Å². The fourth-order valence-corrected chi connectivity index (χ4v) is 30.9. The van der Waals surface area contributed by atoms with E-state index >= 15 is 0 Å². The standard InChI is InChI=1S/4C8H19OPS3.Mo/c4*1-3-5-7-12-10(9,11)13-8-6-4-2;/h4*3-8H2,1-2H3,(H,9,11);/q;;;;+4/p-4. The first-order chi connectivity index (χ1) is 24.5. The molecule has 0 aliphatic rings. The van der Waals surface area contributed by atoms with Crippen LogP contribution in [0.3, 0.4) is 0 Å². The van der Waals surface area contributed by atoms with Crippen LogP contribution < -0.4 is 19.6 Å². The molecule has 0 radical (unpaired) electrons. The average molecular weight is 1130 g/mol. The molecule has 0 aromatic carbocycles. The predicted molar refractivity (Wildman–Crippen MR) is 276 cm³/mol. The first-order valence-corrected chi connectivity index (χ1v) is 42.5. The third-order valence-electron chi connectivity index (χ3n) is 5.98. The predicted octanol–water partition coefficient (Wildman–Crippen LogP) is 14.5. The Labute approximate surface area is 396 Å². The molecule has 0 aromatic rings. The zero-order valence-electron chi connectivity index (χ0n) is 33.7. The van der Waals surface area contributed by atoms with Crippen molar-refractivity contribution in [2.75, 3.05) is 46.0 Å². The molecule has 53 heavy (non-hydrogen) atoms. The number of rotatable bonds is 32. The van der Waals surface area contributed by atoms with Crippen LogP contribution in [-0.2, 0) is 68.3 Å². The van der Waals surface area contributed by atoms with E-state index in [1.165, 1.54) is 91.1 Å². The molecule has 0 heterocycles. The van der Waals surface area contributed by atoms with Gasteiger partial charge in [-0.2, -0.15) is 0 Å². The van der Waals surface area contributed by atoms with Crippen molar-refractivity contribution in [2.24, 2.45) is 0 Å². The van der Waals surface area contributed by atoms with Crippen molar-refractivity contribution in [1.29, 1.82) is 0 Å².